The van der Waals surface area contributed by atoms with Gasteiger partial charge in [-0.1, -0.05) is 12.7 Å². The van der Waals surface area contributed by atoms with Gasteiger partial charge >= 0.3 is 12.3 Å². The number of carbonyl (C=O) groups excluding carboxylic acids is 1. The molecule has 1 unspecified atom stereocenters. The number of alkyl halides is 3. The van der Waals surface area contributed by atoms with Crippen molar-refractivity contribution in [3.8, 4) is 5.88 Å². The Hall–Kier alpha value is -2.58. The molecule has 22 heavy (non-hydrogen) atoms. The third kappa shape index (κ3) is 4.76. The number of aromatic nitrogens is 1. The molecule has 1 aromatic heterocycles. The number of halogens is 3. The topological polar surface area (TPSA) is 88.5 Å². The van der Waals surface area contributed by atoms with Gasteiger partial charge in [0.25, 0.3) is 0 Å². The van der Waals surface area contributed by atoms with Crippen LogP contribution >= 0.6 is 0 Å². The van der Waals surface area contributed by atoms with E-state index < -0.39 is 41.2 Å². The summed E-state index contributed by atoms with van der Waals surface area (Å²) in [7, 11) is 0. The molecule has 0 bridgehead atoms. The SMILES string of the molecule is C=CCOc1cc(C(F)(F)F)cc(C(=O)C(C)NC(=O)O)n1. The Morgan fingerprint density at radius 3 is 2.64 bits per heavy atom. The van der Waals surface area contributed by atoms with E-state index in [0.29, 0.717) is 12.1 Å². The van der Waals surface area contributed by atoms with Gasteiger partial charge in [0.2, 0.25) is 11.7 Å². The van der Waals surface area contributed by atoms with E-state index in [1.165, 1.54) is 13.0 Å². The van der Waals surface area contributed by atoms with Gasteiger partial charge < -0.3 is 15.2 Å². The minimum absolute atomic E-state index is 0.0924. The molecular formula is C13H13F3N2O4. The molecule has 0 saturated heterocycles. The molecule has 6 nitrogen and oxygen atoms in total. The summed E-state index contributed by atoms with van der Waals surface area (Å²) in [5.41, 5.74) is -1.66. The maximum Gasteiger partial charge on any atom is 0.416 e. The van der Waals surface area contributed by atoms with Crippen molar-refractivity contribution >= 4 is 11.9 Å². The van der Waals surface area contributed by atoms with Crippen molar-refractivity contribution in [2.45, 2.75) is 19.1 Å². The lowest BCUT2D eigenvalue weighted by molar-refractivity contribution is -0.137. The van der Waals surface area contributed by atoms with Crippen molar-refractivity contribution in [3.63, 3.8) is 0 Å². The minimum atomic E-state index is -4.70. The molecule has 0 aliphatic rings. The van der Waals surface area contributed by atoms with E-state index in [4.69, 9.17) is 9.84 Å². The maximum absolute atomic E-state index is 12.8. The first kappa shape index (κ1) is 17.5. The van der Waals surface area contributed by atoms with Crippen LogP contribution in [0.15, 0.2) is 24.8 Å². The van der Waals surface area contributed by atoms with E-state index in [9.17, 15) is 22.8 Å². The van der Waals surface area contributed by atoms with E-state index in [0.717, 1.165) is 0 Å². The van der Waals surface area contributed by atoms with Crippen LogP contribution in [-0.4, -0.2) is 34.6 Å². The number of amides is 1. The molecule has 1 amide bonds. The summed E-state index contributed by atoms with van der Waals surface area (Å²) in [6.45, 7) is 4.45. The highest BCUT2D eigenvalue weighted by Crippen LogP contribution is 2.31. The molecule has 0 aliphatic carbocycles. The number of Topliss-reactive ketones (excluding diaryl/α,β-unsaturated/α-hetero) is 1. The zero-order chi connectivity index (χ0) is 16.9. The molecule has 1 heterocycles. The molecule has 0 saturated carbocycles. The fraction of sp³-hybridized carbons (Fsp3) is 0.308. The Bertz CT molecular complexity index is 587. The summed E-state index contributed by atoms with van der Waals surface area (Å²) in [4.78, 5) is 26.1. The molecule has 0 radical (unpaired) electrons. The van der Waals surface area contributed by atoms with Crippen LogP contribution in [0.5, 0.6) is 5.88 Å². The summed E-state index contributed by atoms with van der Waals surface area (Å²) in [6, 6.07) is -0.0562. The molecule has 0 spiro atoms. The highest BCUT2D eigenvalue weighted by molar-refractivity contribution is 5.99. The standard InChI is InChI=1S/C13H13F3N2O4/c1-3-4-22-10-6-8(13(14,15)16)5-9(18-10)11(19)7(2)17-12(20)21/h3,5-7,17H,1,4H2,2H3,(H,20,21). The molecule has 2 N–H and O–H groups in total. The van der Waals surface area contributed by atoms with Crippen molar-refractivity contribution < 1.29 is 32.6 Å². The van der Waals surface area contributed by atoms with E-state index >= 15 is 0 Å². The number of ketones is 1. The van der Waals surface area contributed by atoms with Gasteiger partial charge in [0.05, 0.1) is 11.6 Å². The van der Waals surface area contributed by atoms with Crippen LogP contribution in [0.25, 0.3) is 0 Å². The van der Waals surface area contributed by atoms with Crippen LogP contribution in [0.4, 0.5) is 18.0 Å². The lowest BCUT2D eigenvalue weighted by Gasteiger charge is -2.13. The molecule has 120 valence electrons. The monoisotopic (exact) mass is 318 g/mol. The van der Waals surface area contributed by atoms with Gasteiger partial charge in [0.15, 0.2) is 0 Å². The van der Waals surface area contributed by atoms with Crippen LogP contribution < -0.4 is 10.1 Å². The smallest absolute Gasteiger partial charge is 0.416 e. The first-order valence-corrected chi connectivity index (χ1v) is 6.01. The van der Waals surface area contributed by atoms with Crippen LogP contribution in [0.1, 0.15) is 23.0 Å². The maximum atomic E-state index is 12.8. The summed E-state index contributed by atoms with van der Waals surface area (Å²) in [6.07, 6.45) is -4.87. The predicted molar refractivity (Wildman–Crippen MR) is 69.9 cm³/mol. The molecule has 1 atom stereocenters. The van der Waals surface area contributed by atoms with Crippen molar-refractivity contribution in [2.75, 3.05) is 6.61 Å². The Kier molecular flexibility index (Phi) is 5.50. The Morgan fingerprint density at radius 1 is 1.50 bits per heavy atom. The van der Waals surface area contributed by atoms with Gasteiger partial charge in [-0.25, -0.2) is 9.78 Å². The number of hydrogen-bond donors (Lipinski definition) is 2. The van der Waals surface area contributed by atoms with Crippen LogP contribution in [-0.2, 0) is 6.18 Å². The second-order valence-corrected chi connectivity index (χ2v) is 4.21. The van der Waals surface area contributed by atoms with E-state index in [-0.39, 0.29) is 6.61 Å². The summed E-state index contributed by atoms with van der Waals surface area (Å²) >= 11 is 0. The average Bonchev–Trinajstić information content (AvgIpc) is 2.42. The fourth-order valence-electron chi connectivity index (χ4n) is 1.49. The van der Waals surface area contributed by atoms with Crippen molar-refractivity contribution in [1.29, 1.82) is 0 Å². The van der Waals surface area contributed by atoms with Crippen LogP contribution in [0.2, 0.25) is 0 Å². The van der Waals surface area contributed by atoms with E-state index in [2.05, 4.69) is 11.6 Å². The zero-order valence-electron chi connectivity index (χ0n) is 11.5. The van der Waals surface area contributed by atoms with E-state index in [1.807, 2.05) is 5.32 Å². The largest absolute Gasteiger partial charge is 0.473 e. The molecule has 0 aromatic carbocycles. The number of pyridine rings is 1. The number of nitrogens with one attached hydrogen (secondary N) is 1. The lowest BCUT2D eigenvalue weighted by atomic mass is 10.1. The molecular weight excluding hydrogens is 305 g/mol. The third-order valence-electron chi connectivity index (χ3n) is 2.46. The Balaban J connectivity index is 3.19. The Morgan fingerprint density at radius 2 is 2.14 bits per heavy atom. The van der Waals surface area contributed by atoms with Gasteiger partial charge in [-0.3, -0.25) is 4.79 Å². The van der Waals surface area contributed by atoms with E-state index in [1.54, 1.807) is 0 Å². The number of nitrogens with zero attached hydrogens (tertiary/aromatic N) is 1. The molecule has 0 aliphatic heterocycles. The number of carbonyl (C=O) groups is 2. The summed E-state index contributed by atoms with van der Waals surface area (Å²) in [5.74, 6) is -1.31. The highest BCUT2D eigenvalue weighted by Gasteiger charge is 2.33. The zero-order valence-corrected chi connectivity index (χ0v) is 11.5. The number of rotatable bonds is 6. The Labute approximate surface area is 123 Å². The lowest BCUT2D eigenvalue weighted by Crippen LogP contribution is -2.38. The van der Waals surface area contributed by atoms with Gasteiger partial charge in [0.1, 0.15) is 12.3 Å². The van der Waals surface area contributed by atoms with Gasteiger partial charge in [0, 0.05) is 6.07 Å². The van der Waals surface area contributed by atoms with Crippen LogP contribution in [0, 0.1) is 0 Å². The summed E-state index contributed by atoms with van der Waals surface area (Å²) in [5, 5.41) is 10.4. The molecule has 0 fully saturated rings. The molecule has 1 aromatic rings. The summed E-state index contributed by atoms with van der Waals surface area (Å²) < 4.78 is 43.4. The molecule has 1 rings (SSSR count). The number of hydrogen-bond acceptors (Lipinski definition) is 4. The minimum Gasteiger partial charge on any atom is -0.473 e. The third-order valence-corrected chi connectivity index (χ3v) is 2.46. The first-order valence-electron chi connectivity index (χ1n) is 6.01. The highest BCUT2D eigenvalue weighted by atomic mass is 19.4. The number of carboxylic acid groups (broad SMARTS) is 1. The van der Waals surface area contributed by atoms with Crippen molar-refractivity contribution in [2.24, 2.45) is 0 Å². The fourth-order valence-corrected chi connectivity index (χ4v) is 1.49. The first-order chi connectivity index (χ1) is 10.1. The number of ether oxygens (including phenoxy) is 1. The average molecular weight is 318 g/mol. The molecule has 9 heteroatoms. The predicted octanol–water partition coefficient (Wildman–Crippen LogP) is 2.50. The van der Waals surface area contributed by atoms with Crippen LogP contribution in [0.3, 0.4) is 0 Å². The normalized spacial score (nSPS) is 12.4. The van der Waals surface area contributed by atoms with Crippen molar-refractivity contribution in [1.82, 2.24) is 10.3 Å². The second kappa shape index (κ2) is 6.92. The van der Waals surface area contributed by atoms with Gasteiger partial charge in [-0.05, 0) is 13.0 Å². The van der Waals surface area contributed by atoms with Gasteiger partial charge in [-0.2, -0.15) is 13.2 Å². The quantitative estimate of drug-likeness (QED) is 0.621. The van der Waals surface area contributed by atoms with Crippen molar-refractivity contribution in [3.05, 3.63) is 36.0 Å². The van der Waals surface area contributed by atoms with Gasteiger partial charge in [-0.15, -0.1) is 0 Å². The second-order valence-electron chi connectivity index (χ2n) is 4.21.